The first-order chi connectivity index (χ1) is 8.13. The Hall–Kier alpha value is -1.33. The molecule has 5 nitrogen and oxygen atoms in total. The zero-order valence-corrected chi connectivity index (χ0v) is 10.7. The normalized spacial score (nSPS) is 11.2. The molecule has 0 radical (unpaired) electrons. The Morgan fingerprint density at radius 2 is 2.18 bits per heavy atom. The number of carbonyl (C=O) groups is 1. The number of rotatable bonds is 6. The monoisotopic (exact) mass is 239 g/mol. The molecule has 0 saturated carbocycles. The van der Waals surface area contributed by atoms with Crippen LogP contribution in [0.4, 0.5) is 0 Å². The van der Waals surface area contributed by atoms with Gasteiger partial charge in [-0.25, -0.2) is 5.84 Å². The number of hydrogen-bond acceptors (Lipinski definition) is 4. The van der Waals surface area contributed by atoms with Crippen LogP contribution in [0.3, 0.4) is 0 Å². The number of carbonyl (C=O) groups excluding carboxylic acids is 1. The van der Waals surface area contributed by atoms with E-state index in [0.717, 1.165) is 12.8 Å². The molecule has 17 heavy (non-hydrogen) atoms. The van der Waals surface area contributed by atoms with E-state index in [1.165, 1.54) is 6.26 Å². The standard InChI is InChI=1S/C12H21N3O2/c1-4-9(5-2)15(3)8-11-10(6-7-17-11)12(16)14-13/h6-7,9H,4-5,8,13H2,1-3H3,(H,14,16). The lowest BCUT2D eigenvalue weighted by Gasteiger charge is -2.25. The van der Waals surface area contributed by atoms with Gasteiger partial charge in [-0.15, -0.1) is 0 Å². The molecule has 1 rings (SSSR count). The number of furan rings is 1. The third-order valence-electron chi connectivity index (χ3n) is 3.08. The summed E-state index contributed by atoms with van der Waals surface area (Å²) in [7, 11) is 2.03. The fourth-order valence-corrected chi connectivity index (χ4v) is 2.01. The van der Waals surface area contributed by atoms with Crippen molar-refractivity contribution in [3.05, 3.63) is 23.7 Å². The summed E-state index contributed by atoms with van der Waals surface area (Å²) in [4.78, 5) is 13.7. The minimum absolute atomic E-state index is 0.313. The van der Waals surface area contributed by atoms with Crippen LogP contribution in [0.2, 0.25) is 0 Å². The van der Waals surface area contributed by atoms with Crippen molar-refractivity contribution < 1.29 is 9.21 Å². The van der Waals surface area contributed by atoms with Crippen LogP contribution >= 0.6 is 0 Å². The SMILES string of the molecule is CCC(CC)N(C)Cc1occc1C(=O)NN. The summed E-state index contributed by atoms with van der Waals surface area (Å²) in [6.07, 6.45) is 3.67. The lowest BCUT2D eigenvalue weighted by Crippen LogP contribution is -2.33. The average molecular weight is 239 g/mol. The Morgan fingerprint density at radius 3 is 2.71 bits per heavy atom. The molecule has 1 heterocycles. The Balaban J connectivity index is 2.74. The van der Waals surface area contributed by atoms with Crippen molar-refractivity contribution in [2.75, 3.05) is 7.05 Å². The van der Waals surface area contributed by atoms with E-state index < -0.39 is 0 Å². The van der Waals surface area contributed by atoms with E-state index in [0.29, 0.717) is 23.9 Å². The molecule has 1 amide bonds. The zero-order valence-electron chi connectivity index (χ0n) is 10.7. The van der Waals surface area contributed by atoms with Crippen molar-refractivity contribution in [3.8, 4) is 0 Å². The Morgan fingerprint density at radius 1 is 1.53 bits per heavy atom. The van der Waals surface area contributed by atoms with Crippen LogP contribution < -0.4 is 11.3 Å². The highest BCUT2D eigenvalue weighted by Gasteiger charge is 2.18. The van der Waals surface area contributed by atoms with Crippen molar-refractivity contribution in [1.29, 1.82) is 0 Å². The summed E-state index contributed by atoms with van der Waals surface area (Å²) in [6.45, 7) is 4.92. The lowest BCUT2D eigenvalue weighted by atomic mass is 10.1. The molecule has 0 aliphatic rings. The molecule has 3 N–H and O–H groups in total. The smallest absolute Gasteiger partial charge is 0.268 e. The van der Waals surface area contributed by atoms with Crippen molar-refractivity contribution >= 4 is 5.91 Å². The van der Waals surface area contributed by atoms with Gasteiger partial charge in [-0.2, -0.15) is 0 Å². The summed E-state index contributed by atoms with van der Waals surface area (Å²) in [5, 5.41) is 0. The molecule has 1 aromatic heterocycles. The zero-order chi connectivity index (χ0) is 12.8. The average Bonchev–Trinajstić information content (AvgIpc) is 2.77. The Kier molecular flexibility index (Phi) is 5.18. The van der Waals surface area contributed by atoms with Gasteiger partial charge < -0.3 is 4.42 Å². The van der Waals surface area contributed by atoms with E-state index in [1.807, 2.05) is 7.05 Å². The van der Waals surface area contributed by atoms with Gasteiger partial charge in [0, 0.05) is 6.04 Å². The van der Waals surface area contributed by atoms with Gasteiger partial charge in [0.25, 0.3) is 5.91 Å². The molecule has 0 aromatic carbocycles. The maximum atomic E-state index is 11.5. The highest BCUT2D eigenvalue weighted by atomic mass is 16.3. The van der Waals surface area contributed by atoms with Crippen LogP contribution in [0.1, 0.15) is 42.8 Å². The minimum Gasteiger partial charge on any atom is -0.467 e. The van der Waals surface area contributed by atoms with Crippen LogP contribution in [-0.2, 0) is 6.54 Å². The third-order valence-corrected chi connectivity index (χ3v) is 3.08. The quantitative estimate of drug-likeness (QED) is 0.448. The molecular formula is C12H21N3O2. The molecule has 0 saturated heterocycles. The molecule has 0 atom stereocenters. The van der Waals surface area contributed by atoms with Gasteiger partial charge >= 0.3 is 0 Å². The molecule has 5 heteroatoms. The van der Waals surface area contributed by atoms with Crippen molar-refractivity contribution in [2.24, 2.45) is 5.84 Å². The summed E-state index contributed by atoms with van der Waals surface area (Å²) in [5.41, 5.74) is 2.63. The summed E-state index contributed by atoms with van der Waals surface area (Å²) in [6, 6.07) is 2.13. The van der Waals surface area contributed by atoms with E-state index in [4.69, 9.17) is 10.3 Å². The van der Waals surface area contributed by atoms with E-state index in [2.05, 4.69) is 24.2 Å². The molecule has 1 aromatic rings. The summed E-state index contributed by atoms with van der Waals surface area (Å²) < 4.78 is 5.34. The number of nitrogens with one attached hydrogen (secondary N) is 1. The van der Waals surface area contributed by atoms with E-state index in [9.17, 15) is 4.79 Å². The van der Waals surface area contributed by atoms with E-state index in [1.54, 1.807) is 6.07 Å². The van der Waals surface area contributed by atoms with Gasteiger partial charge in [0.1, 0.15) is 5.76 Å². The molecule has 0 spiro atoms. The second-order valence-corrected chi connectivity index (χ2v) is 4.12. The molecule has 0 fully saturated rings. The number of amides is 1. The fraction of sp³-hybridized carbons (Fsp3) is 0.583. The second-order valence-electron chi connectivity index (χ2n) is 4.12. The number of nitrogens with two attached hydrogens (primary N) is 1. The summed E-state index contributed by atoms with van der Waals surface area (Å²) >= 11 is 0. The fourth-order valence-electron chi connectivity index (χ4n) is 2.01. The summed E-state index contributed by atoms with van der Waals surface area (Å²) in [5.74, 6) is 5.46. The topological polar surface area (TPSA) is 71.5 Å². The van der Waals surface area contributed by atoms with Crippen LogP contribution in [0.5, 0.6) is 0 Å². The first-order valence-corrected chi connectivity index (χ1v) is 5.91. The largest absolute Gasteiger partial charge is 0.467 e. The number of nitrogen functional groups attached to an aromatic ring is 1. The number of hydrazine groups is 1. The van der Waals surface area contributed by atoms with Crippen LogP contribution in [0, 0.1) is 0 Å². The van der Waals surface area contributed by atoms with Crippen LogP contribution in [0.15, 0.2) is 16.7 Å². The number of hydrogen-bond donors (Lipinski definition) is 2. The van der Waals surface area contributed by atoms with Crippen molar-refractivity contribution in [1.82, 2.24) is 10.3 Å². The van der Waals surface area contributed by atoms with Gasteiger partial charge in [-0.1, -0.05) is 13.8 Å². The molecule has 0 aliphatic carbocycles. The maximum Gasteiger partial charge on any atom is 0.268 e. The van der Waals surface area contributed by atoms with Crippen molar-refractivity contribution in [3.63, 3.8) is 0 Å². The molecular weight excluding hydrogens is 218 g/mol. The van der Waals surface area contributed by atoms with E-state index in [-0.39, 0.29) is 5.91 Å². The van der Waals surface area contributed by atoms with Gasteiger partial charge in [-0.05, 0) is 26.0 Å². The molecule has 0 unspecified atom stereocenters. The highest BCUT2D eigenvalue weighted by Crippen LogP contribution is 2.16. The Bertz CT molecular complexity index is 358. The highest BCUT2D eigenvalue weighted by molar-refractivity contribution is 5.94. The minimum atomic E-state index is -0.313. The first kappa shape index (κ1) is 13.7. The van der Waals surface area contributed by atoms with Gasteiger partial charge in [0.05, 0.1) is 18.4 Å². The molecule has 96 valence electrons. The van der Waals surface area contributed by atoms with Gasteiger partial charge in [-0.3, -0.25) is 15.1 Å². The van der Waals surface area contributed by atoms with Gasteiger partial charge in [0.2, 0.25) is 0 Å². The lowest BCUT2D eigenvalue weighted by molar-refractivity contribution is 0.0949. The van der Waals surface area contributed by atoms with E-state index >= 15 is 0 Å². The third kappa shape index (κ3) is 3.31. The first-order valence-electron chi connectivity index (χ1n) is 5.91. The maximum absolute atomic E-state index is 11.5. The van der Waals surface area contributed by atoms with Crippen LogP contribution in [0.25, 0.3) is 0 Å². The van der Waals surface area contributed by atoms with Gasteiger partial charge in [0.15, 0.2) is 0 Å². The van der Waals surface area contributed by atoms with Crippen LogP contribution in [-0.4, -0.2) is 23.9 Å². The second kappa shape index (κ2) is 6.42. The predicted octanol–water partition coefficient (Wildman–Crippen LogP) is 1.50. The molecule has 0 aliphatic heterocycles. The Labute approximate surface area is 102 Å². The predicted molar refractivity (Wildman–Crippen MR) is 66.2 cm³/mol. The van der Waals surface area contributed by atoms with Crippen molar-refractivity contribution in [2.45, 2.75) is 39.3 Å². The molecule has 0 bridgehead atoms. The number of nitrogens with zero attached hydrogens (tertiary/aromatic N) is 1.